The molecular formula is C12H11NO. The molecular weight excluding hydrogens is 174 g/mol. The molecule has 1 aromatic carbocycles. The van der Waals surface area contributed by atoms with Crippen LogP contribution in [-0.2, 0) is 13.5 Å². The predicted octanol–water partition coefficient (Wildman–Crippen LogP) is 2.63. The summed E-state index contributed by atoms with van der Waals surface area (Å²) < 4.78 is 7.66. The molecule has 1 aliphatic heterocycles. The van der Waals surface area contributed by atoms with E-state index in [0.717, 1.165) is 12.2 Å². The van der Waals surface area contributed by atoms with Crippen LogP contribution in [0.25, 0.3) is 10.9 Å². The number of hydrogen-bond acceptors (Lipinski definition) is 1. The Morgan fingerprint density at radius 1 is 1.29 bits per heavy atom. The molecule has 2 aromatic rings. The SMILES string of the molecule is Cn1ccc2c3c(ccc21)CC=CO3. The Labute approximate surface area is 82.4 Å². The van der Waals surface area contributed by atoms with Crippen molar-refractivity contribution in [3.8, 4) is 5.75 Å². The maximum absolute atomic E-state index is 5.56. The van der Waals surface area contributed by atoms with Crippen molar-refractivity contribution in [1.29, 1.82) is 0 Å². The van der Waals surface area contributed by atoms with Gasteiger partial charge in [0.1, 0.15) is 5.75 Å². The lowest BCUT2D eigenvalue weighted by atomic mass is 10.1. The van der Waals surface area contributed by atoms with Gasteiger partial charge in [0.15, 0.2) is 0 Å². The highest BCUT2D eigenvalue weighted by Gasteiger charge is 2.11. The predicted molar refractivity (Wildman–Crippen MR) is 56.4 cm³/mol. The average Bonchev–Trinajstić information content (AvgIpc) is 2.61. The fraction of sp³-hybridized carbons (Fsp3) is 0.167. The van der Waals surface area contributed by atoms with Gasteiger partial charge in [-0.2, -0.15) is 0 Å². The molecule has 70 valence electrons. The zero-order chi connectivity index (χ0) is 9.54. The molecule has 0 N–H and O–H groups in total. The minimum absolute atomic E-state index is 0.972. The van der Waals surface area contributed by atoms with Crippen LogP contribution < -0.4 is 4.74 Å². The highest BCUT2D eigenvalue weighted by molar-refractivity contribution is 5.88. The zero-order valence-corrected chi connectivity index (χ0v) is 8.03. The first kappa shape index (κ1) is 7.68. The summed E-state index contributed by atoms with van der Waals surface area (Å²) in [5.41, 5.74) is 2.49. The first-order valence-corrected chi connectivity index (χ1v) is 4.75. The quantitative estimate of drug-likeness (QED) is 0.615. The molecule has 0 spiro atoms. The van der Waals surface area contributed by atoms with Gasteiger partial charge in [-0.3, -0.25) is 0 Å². The van der Waals surface area contributed by atoms with Crippen LogP contribution >= 0.6 is 0 Å². The highest BCUT2D eigenvalue weighted by Crippen LogP contribution is 2.32. The normalized spacial score (nSPS) is 14.1. The molecule has 2 heterocycles. The molecule has 0 amide bonds. The number of aromatic nitrogens is 1. The Kier molecular flexibility index (Phi) is 1.45. The van der Waals surface area contributed by atoms with Crippen molar-refractivity contribution in [2.75, 3.05) is 0 Å². The maximum atomic E-state index is 5.56. The van der Waals surface area contributed by atoms with E-state index in [2.05, 4.69) is 29.0 Å². The van der Waals surface area contributed by atoms with Crippen molar-refractivity contribution >= 4 is 10.9 Å². The van der Waals surface area contributed by atoms with Crippen LogP contribution in [0.2, 0.25) is 0 Å². The molecule has 2 nitrogen and oxygen atoms in total. The van der Waals surface area contributed by atoms with Gasteiger partial charge in [0.05, 0.1) is 11.8 Å². The van der Waals surface area contributed by atoms with E-state index in [4.69, 9.17) is 4.74 Å². The van der Waals surface area contributed by atoms with Crippen LogP contribution in [0.4, 0.5) is 0 Å². The van der Waals surface area contributed by atoms with Crippen molar-refractivity contribution in [1.82, 2.24) is 4.57 Å². The Hall–Kier alpha value is -1.70. The van der Waals surface area contributed by atoms with Gasteiger partial charge in [-0.1, -0.05) is 6.07 Å². The van der Waals surface area contributed by atoms with Gasteiger partial charge in [-0.25, -0.2) is 0 Å². The number of benzene rings is 1. The summed E-state index contributed by atoms with van der Waals surface area (Å²) in [6.07, 6.45) is 6.85. The van der Waals surface area contributed by atoms with Crippen molar-refractivity contribution in [3.05, 3.63) is 42.3 Å². The molecule has 1 aromatic heterocycles. The summed E-state index contributed by atoms with van der Waals surface area (Å²) in [5.74, 6) is 1.02. The summed E-state index contributed by atoms with van der Waals surface area (Å²) >= 11 is 0. The Balaban J connectivity index is 2.38. The van der Waals surface area contributed by atoms with Crippen molar-refractivity contribution in [2.24, 2.45) is 7.05 Å². The minimum atomic E-state index is 0.972. The molecule has 3 rings (SSSR count). The smallest absolute Gasteiger partial charge is 0.139 e. The van der Waals surface area contributed by atoms with Gasteiger partial charge < -0.3 is 9.30 Å². The Bertz CT molecular complexity index is 522. The third kappa shape index (κ3) is 0.909. The summed E-state index contributed by atoms with van der Waals surface area (Å²) in [6, 6.07) is 6.39. The van der Waals surface area contributed by atoms with Gasteiger partial charge >= 0.3 is 0 Å². The van der Waals surface area contributed by atoms with E-state index >= 15 is 0 Å². The van der Waals surface area contributed by atoms with Crippen molar-refractivity contribution in [2.45, 2.75) is 6.42 Å². The van der Waals surface area contributed by atoms with Crippen LogP contribution in [0.1, 0.15) is 5.56 Å². The number of hydrogen-bond donors (Lipinski definition) is 0. The third-order valence-corrected chi connectivity index (χ3v) is 2.72. The topological polar surface area (TPSA) is 14.2 Å². The average molecular weight is 185 g/mol. The van der Waals surface area contributed by atoms with Gasteiger partial charge in [0.2, 0.25) is 0 Å². The molecule has 0 bridgehead atoms. The van der Waals surface area contributed by atoms with Crippen molar-refractivity contribution in [3.63, 3.8) is 0 Å². The molecule has 14 heavy (non-hydrogen) atoms. The fourth-order valence-corrected chi connectivity index (χ4v) is 1.96. The molecule has 0 saturated carbocycles. The molecule has 0 unspecified atom stereocenters. The summed E-state index contributed by atoms with van der Waals surface area (Å²) in [5, 5.41) is 1.20. The summed E-state index contributed by atoms with van der Waals surface area (Å²) in [4.78, 5) is 0. The molecule has 0 saturated heterocycles. The number of ether oxygens (including phenoxy) is 1. The number of fused-ring (bicyclic) bond motifs is 3. The lowest BCUT2D eigenvalue weighted by molar-refractivity contribution is 0.470. The molecule has 2 heteroatoms. The van der Waals surface area contributed by atoms with Crippen LogP contribution in [0, 0.1) is 0 Å². The summed E-state index contributed by atoms with van der Waals surface area (Å²) in [7, 11) is 2.05. The van der Waals surface area contributed by atoms with E-state index in [0.29, 0.717) is 0 Å². The maximum Gasteiger partial charge on any atom is 0.139 e. The van der Waals surface area contributed by atoms with Crippen LogP contribution in [0.3, 0.4) is 0 Å². The summed E-state index contributed by atoms with van der Waals surface area (Å²) in [6.45, 7) is 0. The lowest BCUT2D eigenvalue weighted by Crippen LogP contribution is -1.96. The standard InChI is InChI=1S/C12H11NO/c1-13-7-6-10-11(13)5-4-9-3-2-8-14-12(9)10/h2,4-8H,3H2,1H3. The number of rotatable bonds is 0. The van der Waals surface area contributed by atoms with E-state index in [1.54, 1.807) is 6.26 Å². The van der Waals surface area contributed by atoms with Gasteiger partial charge in [0, 0.05) is 18.6 Å². The monoisotopic (exact) mass is 185 g/mol. The molecule has 0 radical (unpaired) electrons. The largest absolute Gasteiger partial charge is 0.464 e. The minimum Gasteiger partial charge on any atom is -0.464 e. The van der Waals surface area contributed by atoms with Crippen LogP contribution in [0.5, 0.6) is 5.75 Å². The molecule has 0 fully saturated rings. The van der Waals surface area contributed by atoms with Gasteiger partial charge in [-0.15, -0.1) is 0 Å². The second kappa shape index (κ2) is 2.64. The van der Waals surface area contributed by atoms with Crippen LogP contribution in [-0.4, -0.2) is 4.57 Å². The van der Waals surface area contributed by atoms with Crippen molar-refractivity contribution < 1.29 is 4.74 Å². The Morgan fingerprint density at radius 2 is 2.21 bits per heavy atom. The van der Waals surface area contributed by atoms with E-state index < -0.39 is 0 Å². The molecule has 1 aliphatic rings. The van der Waals surface area contributed by atoms with E-state index in [9.17, 15) is 0 Å². The number of nitrogens with zero attached hydrogens (tertiary/aromatic N) is 1. The van der Waals surface area contributed by atoms with E-state index in [1.807, 2.05) is 13.1 Å². The third-order valence-electron chi connectivity index (χ3n) is 2.72. The Morgan fingerprint density at radius 3 is 3.14 bits per heavy atom. The van der Waals surface area contributed by atoms with Gasteiger partial charge in [-0.05, 0) is 30.2 Å². The van der Waals surface area contributed by atoms with Gasteiger partial charge in [0.25, 0.3) is 0 Å². The zero-order valence-electron chi connectivity index (χ0n) is 8.03. The fourth-order valence-electron chi connectivity index (χ4n) is 1.96. The first-order valence-electron chi connectivity index (χ1n) is 4.75. The van der Waals surface area contributed by atoms with Crippen LogP contribution in [0.15, 0.2) is 36.7 Å². The second-order valence-electron chi connectivity index (χ2n) is 3.61. The molecule has 0 atom stereocenters. The number of aryl methyl sites for hydroxylation is 1. The lowest BCUT2D eigenvalue weighted by Gasteiger charge is -2.12. The highest BCUT2D eigenvalue weighted by atomic mass is 16.5. The second-order valence-corrected chi connectivity index (χ2v) is 3.61. The van der Waals surface area contributed by atoms with E-state index in [-0.39, 0.29) is 0 Å². The molecule has 0 aliphatic carbocycles. The number of allylic oxidation sites excluding steroid dienone is 1. The first-order chi connectivity index (χ1) is 6.86. The van der Waals surface area contributed by atoms with E-state index in [1.165, 1.54) is 16.5 Å².